The van der Waals surface area contributed by atoms with Gasteiger partial charge < -0.3 is 15.5 Å². The summed E-state index contributed by atoms with van der Waals surface area (Å²) in [6.45, 7) is 11.3. The van der Waals surface area contributed by atoms with Crippen LogP contribution in [0, 0.1) is 0 Å². The van der Waals surface area contributed by atoms with Crippen LogP contribution >= 0.6 is 0 Å². The summed E-state index contributed by atoms with van der Waals surface area (Å²) in [6.07, 6.45) is 2.74. The summed E-state index contributed by atoms with van der Waals surface area (Å²) < 4.78 is 1.59. The summed E-state index contributed by atoms with van der Waals surface area (Å²) in [5.41, 5.74) is 5.54. The second-order valence-electron chi connectivity index (χ2n) is 4.79. The third-order valence-electron chi connectivity index (χ3n) is 3.49. The van der Waals surface area contributed by atoms with Crippen LogP contribution in [0.4, 0.5) is 5.82 Å². The average molecular weight is 281 g/mol. The molecule has 0 aliphatic heterocycles. The van der Waals surface area contributed by atoms with Crippen molar-refractivity contribution in [1.29, 1.82) is 0 Å². The number of anilines is 1. The van der Waals surface area contributed by atoms with Gasteiger partial charge in [0.15, 0.2) is 0 Å². The molecule has 0 spiro atoms. The van der Waals surface area contributed by atoms with Crippen molar-refractivity contribution in [2.45, 2.75) is 33.7 Å². The van der Waals surface area contributed by atoms with Gasteiger partial charge in [0.25, 0.3) is 0 Å². The average Bonchev–Trinajstić information content (AvgIpc) is 2.84. The first kappa shape index (κ1) is 16.5. The number of hydrogen-bond donors (Lipinski definition) is 1. The van der Waals surface area contributed by atoms with Gasteiger partial charge >= 0.3 is 0 Å². The molecular formula is C14H27N5O. The van der Waals surface area contributed by atoms with Gasteiger partial charge in [0.05, 0.1) is 0 Å². The number of hydrogen-bond acceptors (Lipinski definition) is 4. The molecule has 1 aromatic rings. The standard InChI is InChI=1S/C14H27N5O/c1-4-17(5-2)9-7-10-18(6-3)14(20)12-19-11-8-13(15)16-19/h8,11H,4-7,9-10,12H2,1-3H3,(H2,15,16). The van der Waals surface area contributed by atoms with Crippen LogP contribution in [0.3, 0.4) is 0 Å². The van der Waals surface area contributed by atoms with E-state index in [-0.39, 0.29) is 12.5 Å². The van der Waals surface area contributed by atoms with E-state index in [1.54, 1.807) is 16.9 Å². The van der Waals surface area contributed by atoms with Gasteiger partial charge in [-0.15, -0.1) is 0 Å². The highest BCUT2D eigenvalue weighted by molar-refractivity contribution is 5.75. The van der Waals surface area contributed by atoms with E-state index >= 15 is 0 Å². The zero-order valence-corrected chi connectivity index (χ0v) is 12.9. The fraction of sp³-hybridized carbons (Fsp3) is 0.714. The van der Waals surface area contributed by atoms with Crippen molar-refractivity contribution >= 4 is 11.7 Å². The van der Waals surface area contributed by atoms with E-state index in [4.69, 9.17) is 5.73 Å². The summed E-state index contributed by atoms with van der Waals surface area (Å²) in [6, 6.07) is 1.70. The van der Waals surface area contributed by atoms with Crippen LogP contribution in [0.2, 0.25) is 0 Å². The smallest absolute Gasteiger partial charge is 0.244 e. The minimum absolute atomic E-state index is 0.0927. The number of likely N-dealkylation sites (N-methyl/N-ethyl adjacent to an activating group) is 1. The number of nitrogens with zero attached hydrogens (tertiary/aromatic N) is 4. The number of nitrogens with two attached hydrogens (primary N) is 1. The third-order valence-corrected chi connectivity index (χ3v) is 3.49. The maximum Gasteiger partial charge on any atom is 0.244 e. The molecule has 0 aliphatic carbocycles. The van der Waals surface area contributed by atoms with Crippen LogP contribution < -0.4 is 5.73 Å². The summed E-state index contributed by atoms with van der Waals surface area (Å²) in [7, 11) is 0. The molecule has 1 rings (SSSR count). The van der Waals surface area contributed by atoms with Gasteiger partial charge in [-0.2, -0.15) is 5.10 Å². The molecule has 114 valence electrons. The lowest BCUT2D eigenvalue weighted by molar-refractivity contribution is -0.131. The van der Waals surface area contributed by atoms with Crippen molar-refractivity contribution in [3.05, 3.63) is 12.3 Å². The molecule has 0 saturated heterocycles. The molecule has 1 aromatic heterocycles. The number of rotatable bonds is 9. The molecule has 0 bridgehead atoms. The van der Waals surface area contributed by atoms with Gasteiger partial charge in [0.2, 0.25) is 5.91 Å². The van der Waals surface area contributed by atoms with Gasteiger partial charge in [0.1, 0.15) is 12.4 Å². The Labute approximate surface area is 121 Å². The van der Waals surface area contributed by atoms with Crippen molar-refractivity contribution < 1.29 is 4.79 Å². The molecular weight excluding hydrogens is 254 g/mol. The highest BCUT2D eigenvalue weighted by Crippen LogP contribution is 2.00. The Morgan fingerprint density at radius 3 is 2.45 bits per heavy atom. The van der Waals surface area contributed by atoms with Crippen molar-refractivity contribution in [1.82, 2.24) is 19.6 Å². The Balaban J connectivity index is 2.39. The second kappa shape index (κ2) is 8.58. The van der Waals surface area contributed by atoms with E-state index in [0.717, 1.165) is 39.1 Å². The third kappa shape index (κ3) is 5.21. The molecule has 0 radical (unpaired) electrons. The van der Waals surface area contributed by atoms with Gasteiger partial charge in [-0.25, -0.2) is 0 Å². The van der Waals surface area contributed by atoms with Gasteiger partial charge in [-0.05, 0) is 39.0 Å². The lowest BCUT2D eigenvalue weighted by atomic mass is 10.3. The first-order chi connectivity index (χ1) is 9.60. The normalized spacial score (nSPS) is 11.0. The molecule has 20 heavy (non-hydrogen) atoms. The molecule has 0 atom stereocenters. The molecule has 2 N–H and O–H groups in total. The monoisotopic (exact) mass is 281 g/mol. The summed E-state index contributed by atoms with van der Waals surface area (Å²) in [5, 5.41) is 4.04. The topological polar surface area (TPSA) is 67.4 Å². The summed E-state index contributed by atoms with van der Waals surface area (Å²) >= 11 is 0. The first-order valence-corrected chi connectivity index (χ1v) is 7.39. The molecule has 0 fully saturated rings. The van der Waals surface area contributed by atoms with Crippen LogP contribution in [-0.2, 0) is 11.3 Å². The lowest BCUT2D eigenvalue weighted by Gasteiger charge is -2.23. The largest absolute Gasteiger partial charge is 0.382 e. The van der Waals surface area contributed by atoms with E-state index in [0.29, 0.717) is 5.82 Å². The van der Waals surface area contributed by atoms with Crippen LogP contribution in [0.25, 0.3) is 0 Å². The van der Waals surface area contributed by atoms with Crippen LogP contribution in [0.5, 0.6) is 0 Å². The molecule has 1 heterocycles. The Morgan fingerprint density at radius 2 is 1.95 bits per heavy atom. The zero-order valence-electron chi connectivity index (χ0n) is 12.9. The Morgan fingerprint density at radius 1 is 1.25 bits per heavy atom. The molecule has 1 amide bonds. The van der Waals surface area contributed by atoms with E-state index in [2.05, 4.69) is 23.8 Å². The quantitative estimate of drug-likeness (QED) is 0.734. The number of nitrogen functional groups attached to an aromatic ring is 1. The SMILES string of the molecule is CCN(CC)CCCN(CC)C(=O)Cn1ccc(N)n1. The van der Waals surface area contributed by atoms with Crippen molar-refractivity contribution in [2.75, 3.05) is 38.5 Å². The highest BCUT2D eigenvalue weighted by Gasteiger charge is 2.12. The number of carbonyl (C=O) groups is 1. The van der Waals surface area contributed by atoms with Crippen LogP contribution in [0.15, 0.2) is 12.3 Å². The fourth-order valence-corrected chi connectivity index (χ4v) is 2.19. The van der Waals surface area contributed by atoms with Gasteiger partial charge in [0, 0.05) is 19.3 Å². The maximum absolute atomic E-state index is 12.2. The van der Waals surface area contributed by atoms with E-state index in [9.17, 15) is 4.79 Å². The summed E-state index contributed by atoms with van der Waals surface area (Å²) in [5.74, 6) is 0.539. The van der Waals surface area contributed by atoms with Crippen molar-refractivity contribution in [2.24, 2.45) is 0 Å². The number of aromatic nitrogens is 2. The zero-order chi connectivity index (χ0) is 15.0. The van der Waals surface area contributed by atoms with Gasteiger partial charge in [-0.1, -0.05) is 13.8 Å². The Hall–Kier alpha value is -1.56. The van der Waals surface area contributed by atoms with Gasteiger partial charge in [-0.3, -0.25) is 9.48 Å². The first-order valence-electron chi connectivity index (χ1n) is 7.39. The van der Waals surface area contributed by atoms with Crippen molar-refractivity contribution in [3.63, 3.8) is 0 Å². The minimum Gasteiger partial charge on any atom is -0.382 e. The molecule has 0 unspecified atom stereocenters. The molecule has 0 aromatic carbocycles. The predicted octanol–water partition coefficient (Wildman–Crippen LogP) is 1.05. The summed E-state index contributed by atoms with van der Waals surface area (Å²) in [4.78, 5) is 16.4. The van der Waals surface area contributed by atoms with Crippen molar-refractivity contribution in [3.8, 4) is 0 Å². The Bertz CT molecular complexity index is 400. The molecule has 0 aliphatic rings. The van der Waals surface area contributed by atoms with E-state index in [1.807, 2.05) is 11.8 Å². The number of amides is 1. The lowest BCUT2D eigenvalue weighted by Crippen LogP contribution is -2.36. The van der Waals surface area contributed by atoms with Crippen LogP contribution in [0.1, 0.15) is 27.2 Å². The molecule has 6 heteroatoms. The molecule has 0 saturated carbocycles. The van der Waals surface area contributed by atoms with E-state index < -0.39 is 0 Å². The van der Waals surface area contributed by atoms with Crippen LogP contribution in [-0.4, -0.2) is 58.2 Å². The van der Waals surface area contributed by atoms with E-state index in [1.165, 1.54) is 0 Å². The fourth-order valence-electron chi connectivity index (χ4n) is 2.19. The minimum atomic E-state index is 0.0927. The second-order valence-corrected chi connectivity index (χ2v) is 4.79. The molecule has 6 nitrogen and oxygen atoms in total. The Kier molecular flexibility index (Phi) is 7.08. The maximum atomic E-state index is 12.2. The number of carbonyl (C=O) groups excluding carboxylic acids is 1. The highest BCUT2D eigenvalue weighted by atomic mass is 16.2. The predicted molar refractivity (Wildman–Crippen MR) is 81.3 cm³/mol.